The number of hydrogen-bond donors (Lipinski definition) is 2. The number of nitrogens with zero attached hydrogens (tertiary/aromatic N) is 1. The van der Waals surface area contributed by atoms with E-state index in [1.165, 1.54) is 6.07 Å². The van der Waals surface area contributed by atoms with Gasteiger partial charge in [-0.25, -0.2) is 8.42 Å². The van der Waals surface area contributed by atoms with E-state index in [0.717, 1.165) is 16.1 Å². The molecular formula is C25H26ClN3O4S. The summed E-state index contributed by atoms with van der Waals surface area (Å²) in [6.45, 7) is 2.04. The Kier molecular flexibility index (Phi) is 8.31. The van der Waals surface area contributed by atoms with Crippen molar-refractivity contribution in [2.24, 2.45) is 0 Å². The Bertz CT molecular complexity index is 1270. The first kappa shape index (κ1) is 25.3. The molecule has 0 aliphatic carbocycles. The molecule has 34 heavy (non-hydrogen) atoms. The topological polar surface area (TPSA) is 95.6 Å². The van der Waals surface area contributed by atoms with Crippen LogP contribution in [0.2, 0.25) is 5.02 Å². The molecule has 3 aromatic carbocycles. The van der Waals surface area contributed by atoms with Crippen LogP contribution in [0.4, 0.5) is 11.4 Å². The molecule has 0 saturated carbocycles. The molecule has 0 spiro atoms. The van der Waals surface area contributed by atoms with E-state index < -0.39 is 22.0 Å². The molecule has 0 aromatic heterocycles. The second-order valence-electron chi connectivity index (χ2n) is 7.67. The minimum Gasteiger partial charge on any atom is -0.348 e. The summed E-state index contributed by atoms with van der Waals surface area (Å²) >= 11 is 6.06. The van der Waals surface area contributed by atoms with E-state index in [-0.39, 0.29) is 29.3 Å². The molecule has 0 bridgehead atoms. The highest BCUT2D eigenvalue weighted by Crippen LogP contribution is 2.26. The summed E-state index contributed by atoms with van der Waals surface area (Å²) in [5.74, 6) is -0.918. The van der Waals surface area contributed by atoms with Crippen LogP contribution in [-0.4, -0.2) is 32.5 Å². The summed E-state index contributed by atoms with van der Waals surface area (Å²) in [6, 6.07) is 21.3. The third kappa shape index (κ3) is 6.36. The number of anilines is 2. The van der Waals surface area contributed by atoms with E-state index in [2.05, 4.69) is 10.6 Å². The molecule has 178 valence electrons. The molecule has 3 aromatic rings. The van der Waals surface area contributed by atoms with Gasteiger partial charge in [-0.2, -0.15) is 0 Å². The summed E-state index contributed by atoms with van der Waals surface area (Å²) in [6.07, 6.45) is 1.24. The Morgan fingerprint density at radius 1 is 0.971 bits per heavy atom. The molecule has 0 aliphatic heterocycles. The molecule has 0 saturated heterocycles. The summed E-state index contributed by atoms with van der Waals surface area (Å²) in [5, 5.41) is 5.93. The number of benzene rings is 3. The monoisotopic (exact) mass is 499 g/mol. The standard InChI is InChI=1S/C25H26ClN3O4S/c1-3-23(29(34(2,32)33)20-13-9-12-19(26)16-20)25(31)28-22-15-8-7-14-21(22)24(30)27-17-18-10-5-4-6-11-18/h4-16,23H,3,17H2,1-2H3,(H,27,30)(H,28,31)/t23-/m0/s1. The summed E-state index contributed by atoms with van der Waals surface area (Å²) in [7, 11) is -3.81. The van der Waals surface area contributed by atoms with Crippen molar-refractivity contribution in [2.75, 3.05) is 15.9 Å². The molecule has 9 heteroatoms. The van der Waals surface area contributed by atoms with E-state index in [4.69, 9.17) is 11.6 Å². The van der Waals surface area contributed by atoms with Gasteiger partial charge in [0.2, 0.25) is 15.9 Å². The van der Waals surface area contributed by atoms with Crippen LogP contribution in [0, 0.1) is 0 Å². The first-order valence-corrected chi connectivity index (χ1v) is 12.9. The molecule has 1 atom stereocenters. The van der Waals surface area contributed by atoms with Crippen molar-refractivity contribution in [3.05, 3.63) is 95.0 Å². The smallest absolute Gasteiger partial charge is 0.253 e. The molecule has 0 fully saturated rings. The summed E-state index contributed by atoms with van der Waals surface area (Å²) in [4.78, 5) is 26.1. The Labute approximate surface area is 204 Å². The Morgan fingerprint density at radius 3 is 2.29 bits per heavy atom. The molecule has 0 unspecified atom stereocenters. The SMILES string of the molecule is CC[C@@H](C(=O)Nc1ccccc1C(=O)NCc1ccccc1)N(c1cccc(Cl)c1)S(C)(=O)=O. The van der Waals surface area contributed by atoms with E-state index in [9.17, 15) is 18.0 Å². The van der Waals surface area contributed by atoms with Gasteiger partial charge in [0, 0.05) is 11.6 Å². The highest BCUT2D eigenvalue weighted by Gasteiger charge is 2.32. The molecule has 0 aliphatic rings. The maximum absolute atomic E-state index is 13.3. The number of carbonyl (C=O) groups excluding carboxylic acids is 2. The molecule has 2 amide bonds. The third-order valence-electron chi connectivity index (χ3n) is 5.12. The third-order valence-corrected chi connectivity index (χ3v) is 6.53. The lowest BCUT2D eigenvalue weighted by atomic mass is 10.1. The first-order chi connectivity index (χ1) is 16.2. The van der Waals surface area contributed by atoms with Gasteiger partial charge in [0.1, 0.15) is 6.04 Å². The highest BCUT2D eigenvalue weighted by atomic mass is 35.5. The van der Waals surface area contributed by atoms with Crippen molar-refractivity contribution in [1.82, 2.24) is 5.32 Å². The zero-order chi connectivity index (χ0) is 24.7. The van der Waals surface area contributed by atoms with Crippen LogP contribution in [0.25, 0.3) is 0 Å². The van der Waals surface area contributed by atoms with Gasteiger partial charge in [-0.1, -0.05) is 67.1 Å². The minimum absolute atomic E-state index is 0.202. The summed E-state index contributed by atoms with van der Waals surface area (Å²) < 4.78 is 26.3. The fourth-order valence-corrected chi connectivity index (χ4v) is 4.94. The Hall–Kier alpha value is -3.36. The van der Waals surface area contributed by atoms with Gasteiger partial charge in [-0.3, -0.25) is 13.9 Å². The van der Waals surface area contributed by atoms with Crippen molar-refractivity contribution < 1.29 is 18.0 Å². The largest absolute Gasteiger partial charge is 0.348 e. The second-order valence-corrected chi connectivity index (χ2v) is 9.96. The predicted octanol–water partition coefficient (Wildman–Crippen LogP) is 4.45. The maximum atomic E-state index is 13.3. The van der Waals surface area contributed by atoms with E-state index in [0.29, 0.717) is 11.6 Å². The Morgan fingerprint density at radius 2 is 1.65 bits per heavy atom. The number of halogens is 1. The number of nitrogens with one attached hydrogen (secondary N) is 2. The molecular weight excluding hydrogens is 474 g/mol. The maximum Gasteiger partial charge on any atom is 0.253 e. The lowest BCUT2D eigenvalue weighted by Crippen LogP contribution is -2.47. The van der Waals surface area contributed by atoms with Crippen molar-refractivity contribution >= 4 is 44.8 Å². The van der Waals surface area contributed by atoms with Crippen LogP contribution in [0.3, 0.4) is 0 Å². The second kappa shape index (κ2) is 11.2. The quantitative estimate of drug-likeness (QED) is 0.454. The Balaban J connectivity index is 1.84. The van der Waals surface area contributed by atoms with Crippen LogP contribution in [-0.2, 0) is 21.4 Å². The fraction of sp³-hybridized carbons (Fsp3) is 0.200. The van der Waals surface area contributed by atoms with Gasteiger partial charge in [0.15, 0.2) is 0 Å². The fourth-order valence-electron chi connectivity index (χ4n) is 3.55. The lowest BCUT2D eigenvalue weighted by Gasteiger charge is -2.30. The van der Waals surface area contributed by atoms with E-state index in [1.54, 1.807) is 49.4 Å². The molecule has 0 heterocycles. The normalized spacial score (nSPS) is 12.0. The zero-order valence-corrected chi connectivity index (χ0v) is 20.4. The minimum atomic E-state index is -3.81. The van der Waals surface area contributed by atoms with Crippen molar-refractivity contribution in [1.29, 1.82) is 0 Å². The number of amides is 2. The summed E-state index contributed by atoms with van der Waals surface area (Å²) in [5.41, 5.74) is 1.78. The van der Waals surface area contributed by atoms with Crippen LogP contribution in [0.5, 0.6) is 0 Å². The number of rotatable bonds is 9. The molecule has 3 rings (SSSR count). The molecule has 2 N–H and O–H groups in total. The van der Waals surface area contributed by atoms with Crippen LogP contribution < -0.4 is 14.9 Å². The van der Waals surface area contributed by atoms with E-state index in [1.807, 2.05) is 30.3 Å². The van der Waals surface area contributed by atoms with Crippen LogP contribution >= 0.6 is 11.6 Å². The predicted molar refractivity (Wildman–Crippen MR) is 136 cm³/mol. The molecule has 7 nitrogen and oxygen atoms in total. The number of sulfonamides is 1. The number of para-hydroxylation sites is 1. The lowest BCUT2D eigenvalue weighted by molar-refractivity contribution is -0.117. The van der Waals surface area contributed by atoms with Crippen molar-refractivity contribution in [3.63, 3.8) is 0 Å². The van der Waals surface area contributed by atoms with Gasteiger partial charge in [0.25, 0.3) is 5.91 Å². The van der Waals surface area contributed by atoms with Crippen LogP contribution in [0.1, 0.15) is 29.3 Å². The van der Waals surface area contributed by atoms with Gasteiger partial charge in [-0.15, -0.1) is 0 Å². The highest BCUT2D eigenvalue weighted by molar-refractivity contribution is 7.92. The van der Waals surface area contributed by atoms with Gasteiger partial charge in [-0.05, 0) is 42.3 Å². The molecule has 0 radical (unpaired) electrons. The van der Waals surface area contributed by atoms with Crippen molar-refractivity contribution in [3.8, 4) is 0 Å². The van der Waals surface area contributed by atoms with Crippen LogP contribution in [0.15, 0.2) is 78.9 Å². The van der Waals surface area contributed by atoms with Gasteiger partial charge in [0.05, 0.1) is 23.2 Å². The van der Waals surface area contributed by atoms with E-state index >= 15 is 0 Å². The first-order valence-electron chi connectivity index (χ1n) is 10.7. The number of carbonyl (C=O) groups is 2. The average molecular weight is 500 g/mol. The average Bonchev–Trinajstić information content (AvgIpc) is 2.81. The van der Waals surface area contributed by atoms with Gasteiger partial charge < -0.3 is 10.6 Å². The zero-order valence-electron chi connectivity index (χ0n) is 18.9. The van der Waals surface area contributed by atoms with Gasteiger partial charge >= 0.3 is 0 Å². The van der Waals surface area contributed by atoms with Crippen molar-refractivity contribution in [2.45, 2.75) is 25.9 Å². The number of hydrogen-bond acceptors (Lipinski definition) is 4.